The van der Waals surface area contributed by atoms with Crippen LogP contribution in [0, 0.1) is 5.92 Å². The molecule has 0 amide bonds. The predicted octanol–water partition coefficient (Wildman–Crippen LogP) is 2.32. The quantitative estimate of drug-likeness (QED) is 0.855. The Balaban J connectivity index is 1.70. The Morgan fingerprint density at radius 3 is 2.60 bits per heavy atom. The largest absolute Gasteiger partial charge is 0.308 e. The van der Waals surface area contributed by atoms with Crippen LogP contribution in [0.2, 0.25) is 0 Å². The van der Waals surface area contributed by atoms with Crippen molar-refractivity contribution in [3.05, 3.63) is 0 Å². The second-order valence-corrected chi connectivity index (χ2v) is 7.81. The van der Waals surface area contributed by atoms with Gasteiger partial charge in [0.15, 0.2) is 0 Å². The van der Waals surface area contributed by atoms with Crippen LogP contribution in [0.4, 0.5) is 0 Å². The highest BCUT2D eigenvalue weighted by molar-refractivity contribution is 5.05. The molecule has 3 fully saturated rings. The van der Waals surface area contributed by atoms with E-state index in [9.17, 15) is 0 Å². The van der Waals surface area contributed by atoms with Gasteiger partial charge in [-0.25, -0.2) is 0 Å². The summed E-state index contributed by atoms with van der Waals surface area (Å²) in [4.78, 5) is 5.41. The lowest BCUT2D eigenvalue weighted by Crippen LogP contribution is -2.67. The molecule has 2 aliphatic heterocycles. The number of rotatable bonds is 3. The van der Waals surface area contributed by atoms with Crippen molar-refractivity contribution >= 4 is 0 Å². The number of likely N-dealkylation sites (tertiary alicyclic amines) is 1. The molecule has 3 heteroatoms. The van der Waals surface area contributed by atoms with Crippen LogP contribution in [-0.2, 0) is 0 Å². The summed E-state index contributed by atoms with van der Waals surface area (Å²) in [6.07, 6.45) is 6.89. The maximum atomic E-state index is 3.90. The first-order valence-corrected chi connectivity index (χ1v) is 8.74. The molecule has 3 aliphatic rings. The van der Waals surface area contributed by atoms with E-state index in [4.69, 9.17) is 0 Å². The fraction of sp³-hybridized carbons (Fsp3) is 1.00. The molecule has 1 N–H and O–H groups in total. The Kier molecular flexibility index (Phi) is 4.13. The first kappa shape index (κ1) is 14.8. The van der Waals surface area contributed by atoms with Gasteiger partial charge in [-0.2, -0.15) is 0 Å². The molecule has 4 atom stereocenters. The van der Waals surface area contributed by atoms with Crippen molar-refractivity contribution in [1.29, 1.82) is 0 Å². The SMILES string of the molecule is CCC1CNC(C)(C2CC2)CN1C1CCN(C)C(C)C1. The van der Waals surface area contributed by atoms with E-state index in [0.717, 1.165) is 24.0 Å². The molecule has 2 saturated heterocycles. The zero-order valence-corrected chi connectivity index (χ0v) is 13.9. The van der Waals surface area contributed by atoms with Crippen LogP contribution in [-0.4, -0.2) is 60.1 Å². The molecule has 20 heavy (non-hydrogen) atoms. The van der Waals surface area contributed by atoms with Gasteiger partial charge >= 0.3 is 0 Å². The molecule has 1 aliphatic carbocycles. The van der Waals surface area contributed by atoms with Gasteiger partial charge in [0.25, 0.3) is 0 Å². The molecule has 3 rings (SSSR count). The number of nitrogens with zero attached hydrogens (tertiary/aromatic N) is 2. The summed E-state index contributed by atoms with van der Waals surface area (Å²) in [6, 6.07) is 2.31. The molecule has 0 aromatic rings. The van der Waals surface area contributed by atoms with Crippen LogP contribution < -0.4 is 5.32 Å². The maximum absolute atomic E-state index is 3.90. The van der Waals surface area contributed by atoms with Gasteiger partial charge in [0.1, 0.15) is 0 Å². The summed E-state index contributed by atoms with van der Waals surface area (Å²) in [5, 5.41) is 3.90. The lowest BCUT2D eigenvalue weighted by Gasteiger charge is -2.52. The van der Waals surface area contributed by atoms with Gasteiger partial charge in [-0.3, -0.25) is 4.90 Å². The number of piperazine rings is 1. The number of nitrogens with one attached hydrogen (secondary N) is 1. The first-order chi connectivity index (χ1) is 9.53. The minimum Gasteiger partial charge on any atom is -0.308 e. The summed E-state index contributed by atoms with van der Waals surface area (Å²) in [5.41, 5.74) is 0.387. The van der Waals surface area contributed by atoms with Crippen molar-refractivity contribution in [2.75, 3.05) is 26.7 Å². The molecular formula is C17H33N3. The maximum Gasteiger partial charge on any atom is 0.0309 e. The second-order valence-electron chi connectivity index (χ2n) is 7.81. The van der Waals surface area contributed by atoms with Crippen molar-refractivity contribution in [1.82, 2.24) is 15.1 Å². The van der Waals surface area contributed by atoms with Gasteiger partial charge < -0.3 is 10.2 Å². The van der Waals surface area contributed by atoms with Crippen molar-refractivity contribution in [2.24, 2.45) is 5.92 Å². The zero-order chi connectivity index (χ0) is 14.3. The van der Waals surface area contributed by atoms with Gasteiger partial charge in [-0.15, -0.1) is 0 Å². The average molecular weight is 279 g/mol. The van der Waals surface area contributed by atoms with Crippen molar-refractivity contribution in [3.63, 3.8) is 0 Å². The van der Waals surface area contributed by atoms with Crippen molar-refractivity contribution in [2.45, 2.75) is 76.5 Å². The standard InChI is InChI=1S/C17H33N3/c1-5-15-11-18-17(3,14-6-7-14)12-20(15)16-8-9-19(4)13(2)10-16/h13-16,18H,5-12H2,1-4H3. The average Bonchev–Trinajstić information content (AvgIpc) is 3.27. The fourth-order valence-electron chi connectivity index (χ4n) is 4.40. The molecule has 4 unspecified atom stereocenters. The normalized spacial score (nSPS) is 44.7. The Morgan fingerprint density at radius 2 is 2.00 bits per heavy atom. The van der Waals surface area contributed by atoms with Crippen LogP contribution in [0.5, 0.6) is 0 Å². The number of hydrogen-bond acceptors (Lipinski definition) is 3. The van der Waals surface area contributed by atoms with Gasteiger partial charge in [-0.05, 0) is 65.5 Å². The smallest absolute Gasteiger partial charge is 0.0309 e. The minimum atomic E-state index is 0.387. The molecule has 3 nitrogen and oxygen atoms in total. The van der Waals surface area contributed by atoms with E-state index >= 15 is 0 Å². The van der Waals surface area contributed by atoms with Crippen LogP contribution >= 0.6 is 0 Å². The minimum absolute atomic E-state index is 0.387. The summed E-state index contributed by atoms with van der Waals surface area (Å²) in [7, 11) is 2.28. The molecule has 0 spiro atoms. The Labute approximate surface area is 125 Å². The highest BCUT2D eigenvalue weighted by Gasteiger charge is 2.47. The lowest BCUT2D eigenvalue weighted by molar-refractivity contribution is 0.00256. The third-order valence-electron chi connectivity index (χ3n) is 6.32. The Bertz CT molecular complexity index is 341. The predicted molar refractivity (Wildman–Crippen MR) is 85.0 cm³/mol. The van der Waals surface area contributed by atoms with Crippen LogP contribution in [0.3, 0.4) is 0 Å². The Morgan fingerprint density at radius 1 is 1.25 bits per heavy atom. The van der Waals surface area contributed by atoms with Gasteiger partial charge in [0, 0.05) is 36.8 Å². The summed E-state index contributed by atoms with van der Waals surface area (Å²) >= 11 is 0. The molecule has 1 saturated carbocycles. The van der Waals surface area contributed by atoms with Crippen LogP contribution in [0.15, 0.2) is 0 Å². The monoisotopic (exact) mass is 279 g/mol. The summed E-state index contributed by atoms with van der Waals surface area (Å²) < 4.78 is 0. The molecular weight excluding hydrogens is 246 g/mol. The van der Waals surface area contributed by atoms with Gasteiger partial charge in [-0.1, -0.05) is 6.92 Å². The van der Waals surface area contributed by atoms with E-state index in [-0.39, 0.29) is 0 Å². The van der Waals surface area contributed by atoms with E-state index < -0.39 is 0 Å². The van der Waals surface area contributed by atoms with Gasteiger partial charge in [0.2, 0.25) is 0 Å². The number of hydrogen-bond donors (Lipinski definition) is 1. The molecule has 0 radical (unpaired) electrons. The zero-order valence-electron chi connectivity index (χ0n) is 13.9. The summed E-state index contributed by atoms with van der Waals surface area (Å²) in [6.45, 7) is 11.0. The van der Waals surface area contributed by atoms with E-state index in [1.807, 2.05) is 0 Å². The van der Waals surface area contributed by atoms with Crippen molar-refractivity contribution in [3.8, 4) is 0 Å². The Hall–Kier alpha value is -0.120. The molecule has 116 valence electrons. The van der Waals surface area contributed by atoms with Crippen LogP contribution in [0.25, 0.3) is 0 Å². The first-order valence-electron chi connectivity index (χ1n) is 8.74. The third-order valence-corrected chi connectivity index (χ3v) is 6.32. The molecule has 0 aromatic heterocycles. The molecule has 2 heterocycles. The van der Waals surface area contributed by atoms with Crippen LogP contribution in [0.1, 0.15) is 52.9 Å². The van der Waals surface area contributed by atoms with Crippen molar-refractivity contribution < 1.29 is 0 Å². The molecule has 0 aromatic carbocycles. The topological polar surface area (TPSA) is 18.5 Å². The second kappa shape index (κ2) is 5.58. The lowest BCUT2D eigenvalue weighted by atomic mass is 9.87. The highest BCUT2D eigenvalue weighted by atomic mass is 15.3. The van der Waals surface area contributed by atoms with Gasteiger partial charge in [0.05, 0.1) is 0 Å². The highest BCUT2D eigenvalue weighted by Crippen LogP contribution is 2.42. The third kappa shape index (κ3) is 2.77. The van der Waals surface area contributed by atoms with E-state index in [1.54, 1.807) is 0 Å². The summed E-state index contributed by atoms with van der Waals surface area (Å²) in [5.74, 6) is 0.937. The van der Waals surface area contributed by atoms with E-state index in [0.29, 0.717) is 5.54 Å². The van der Waals surface area contributed by atoms with E-state index in [1.165, 1.54) is 51.7 Å². The molecule has 0 bridgehead atoms. The number of piperidine rings is 1. The van der Waals surface area contributed by atoms with E-state index in [2.05, 4.69) is 42.9 Å². The fourth-order valence-corrected chi connectivity index (χ4v) is 4.40.